The first-order valence-electron chi connectivity index (χ1n) is 7.15. The first-order valence-corrected chi connectivity index (χ1v) is 8.37. The second-order valence-electron chi connectivity index (χ2n) is 5.27. The maximum Gasteiger partial charge on any atom is 0.285 e. The Bertz CT molecular complexity index is 611. The van der Waals surface area contributed by atoms with Crippen molar-refractivity contribution in [2.24, 2.45) is 5.92 Å². The molecule has 1 aliphatic heterocycles. The average Bonchev–Trinajstić information content (AvgIpc) is 2.96. The van der Waals surface area contributed by atoms with Gasteiger partial charge in [0.05, 0.1) is 23.0 Å². The highest BCUT2D eigenvalue weighted by molar-refractivity contribution is 7.98. The van der Waals surface area contributed by atoms with E-state index in [1.54, 1.807) is 0 Å². The van der Waals surface area contributed by atoms with Crippen molar-refractivity contribution in [3.05, 3.63) is 27.8 Å². The quantitative estimate of drug-likeness (QED) is 0.405. The summed E-state index contributed by atoms with van der Waals surface area (Å²) in [5.74, 6) is 0.170. The van der Waals surface area contributed by atoms with Gasteiger partial charge in [-0.05, 0) is 19.2 Å². The number of carbonyl (C=O) groups excluding carboxylic acids is 1. The topological polar surface area (TPSA) is 106 Å². The zero-order chi connectivity index (χ0) is 17.0. The van der Waals surface area contributed by atoms with Gasteiger partial charge in [0.15, 0.2) is 0 Å². The van der Waals surface area contributed by atoms with Gasteiger partial charge >= 0.3 is 0 Å². The highest BCUT2D eigenvalue weighted by atomic mass is 32.2. The summed E-state index contributed by atoms with van der Waals surface area (Å²) in [5.41, 5.74) is 5.88. The normalized spacial score (nSPS) is 20.3. The number of nitro benzene ring substituents is 1. The maximum absolute atomic E-state index is 12.4. The third-order valence-electron chi connectivity index (χ3n) is 3.87. The number of nitrogens with one attached hydrogen (secondary N) is 3. The summed E-state index contributed by atoms with van der Waals surface area (Å²) in [6.45, 7) is 3.19. The smallest absolute Gasteiger partial charge is 0.285 e. The molecule has 2 rings (SSSR count). The van der Waals surface area contributed by atoms with Crippen LogP contribution in [0.3, 0.4) is 0 Å². The lowest BCUT2D eigenvalue weighted by Gasteiger charge is -2.15. The van der Waals surface area contributed by atoms with Crippen molar-refractivity contribution in [3.8, 4) is 5.75 Å². The molecule has 0 saturated carbocycles. The number of hydrogen-bond acceptors (Lipinski definition) is 7. The van der Waals surface area contributed by atoms with Crippen LogP contribution in [0.4, 0.5) is 5.69 Å². The molecule has 23 heavy (non-hydrogen) atoms. The van der Waals surface area contributed by atoms with E-state index in [2.05, 4.69) is 16.2 Å². The fourth-order valence-electron chi connectivity index (χ4n) is 2.41. The molecule has 2 unspecified atom stereocenters. The summed E-state index contributed by atoms with van der Waals surface area (Å²) in [7, 11) is 1.44. The van der Waals surface area contributed by atoms with Crippen molar-refractivity contribution in [3.63, 3.8) is 0 Å². The Hall–Kier alpha value is -1.84. The highest BCUT2D eigenvalue weighted by Gasteiger charge is 2.26. The predicted molar refractivity (Wildman–Crippen MR) is 87.9 cm³/mol. The van der Waals surface area contributed by atoms with Gasteiger partial charge in [-0.15, -0.1) is 11.8 Å². The molecule has 126 valence electrons. The molecule has 8 nitrogen and oxygen atoms in total. The number of amides is 1. The van der Waals surface area contributed by atoms with Crippen LogP contribution in [0, 0.1) is 16.0 Å². The van der Waals surface area contributed by atoms with E-state index in [-0.39, 0.29) is 23.2 Å². The van der Waals surface area contributed by atoms with Gasteiger partial charge in [0.1, 0.15) is 11.3 Å². The number of ether oxygens (including phenoxy) is 1. The van der Waals surface area contributed by atoms with Crippen molar-refractivity contribution in [1.29, 1.82) is 0 Å². The number of hydrazine groups is 1. The number of benzene rings is 1. The van der Waals surface area contributed by atoms with Crippen LogP contribution in [-0.2, 0) is 0 Å². The minimum atomic E-state index is -0.567. The standard InChI is InChI=1S/C14H20N4O4S/c1-8-9(7-16-17-8)6-15-14(19)10-4-13(23-3)12(22-2)5-11(10)18(20)21/h4-5,8-9,16-17H,6-7H2,1-3H3,(H,15,19). The summed E-state index contributed by atoms with van der Waals surface area (Å²) in [6.07, 6.45) is 1.82. The van der Waals surface area contributed by atoms with Crippen molar-refractivity contribution in [2.75, 3.05) is 26.5 Å². The summed E-state index contributed by atoms with van der Waals surface area (Å²) >= 11 is 1.37. The number of methoxy groups -OCH3 is 1. The van der Waals surface area contributed by atoms with Crippen LogP contribution in [-0.4, -0.2) is 43.3 Å². The molecule has 1 saturated heterocycles. The molecule has 1 aromatic carbocycles. The average molecular weight is 340 g/mol. The molecule has 0 radical (unpaired) electrons. The highest BCUT2D eigenvalue weighted by Crippen LogP contribution is 2.34. The van der Waals surface area contributed by atoms with E-state index in [9.17, 15) is 14.9 Å². The molecule has 0 bridgehead atoms. The van der Waals surface area contributed by atoms with Crippen LogP contribution in [0.2, 0.25) is 0 Å². The SMILES string of the molecule is COc1cc([N+](=O)[O-])c(C(=O)NCC2CNNC2C)cc1SC. The Morgan fingerprint density at radius 2 is 2.30 bits per heavy atom. The van der Waals surface area contributed by atoms with E-state index in [1.807, 2.05) is 13.2 Å². The lowest BCUT2D eigenvalue weighted by molar-refractivity contribution is -0.385. The van der Waals surface area contributed by atoms with Gasteiger partial charge in [-0.2, -0.15) is 0 Å². The van der Waals surface area contributed by atoms with Gasteiger partial charge in [0, 0.05) is 25.0 Å². The zero-order valence-electron chi connectivity index (χ0n) is 13.2. The number of rotatable bonds is 6. The zero-order valence-corrected chi connectivity index (χ0v) is 14.0. The van der Waals surface area contributed by atoms with Crippen molar-refractivity contribution in [1.82, 2.24) is 16.2 Å². The van der Waals surface area contributed by atoms with Gasteiger partial charge in [0.2, 0.25) is 0 Å². The molecular weight excluding hydrogens is 320 g/mol. The predicted octanol–water partition coefficient (Wildman–Crippen LogP) is 1.17. The van der Waals surface area contributed by atoms with Crippen molar-refractivity contribution >= 4 is 23.4 Å². The fraction of sp³-hybridized carbons (Fsp3) is 0.500. The first-order chi connectivity index (χ1) is 11.0. The van der Waals surface area contributed by atoms with E-state index in [0.717, 1.165) is 6.54 Å². The lowest BCUT2D eigenvalue weighted by atomic mass is 10.0. The van der Waals surface area contributed by atoms with Gasteiger partial charge < -0.3 is 10.1 Å². The number of nitrogens with zero attached hydrogens (tertiary/aromatic N) is 1. The Labute approximate surface area is 138 Å². The summed E-state index contributed by atoms with van der Waals surface area (Å²) in [6, 6.07) is 3.02. The second-order valence-corrected chi connectivity index (χ2v) is 6.11. The molecule has 1 heterocycles. The molecular formula is C14H20N4O4S. The third-order valence-corrected chi connectivity index (χ3v) is 4.63. The minimum absolute atomic E-state index is 0.0479. The summed E-state index contributed by atoms with van der Waals surface area (Å²) in [5, 5.41) is 14.0. The Morgan fingerprint density at radius 1 is 1.57 bits per heavy atom. The first kappa shape index (κ1) is 17.5. The van der Waals surface area contributed by atoms with Gasteiger partial charge in [0.25, 0.3) is 11.6 Å². The molecule has 0 aliphatic carbocycles. The van der Waals surface area contributed by atoms with Crippen LogP contribution >= 0.6 is 11.8 Å². The second kappa shape index (κ2) is 7.62. The van der Waals surface area contributed by atoms with Gasteiger partial charge in [-0.3, -0.25) is 25.8 Å². The number of hydrogen-bond donors (Lipinski definition) is 3. The fourth-order valence-corrected chi connectivity index (χ4v) is 2.99. The minimum Gasteiger partial charge on any atom is -0.495 e. The van der Waals surface area contributed by atoms with Crippen molar-refractivity contribution in [2.45, 2.75) is 17.9 Å². The Kier molecular flexibility index (Phi) is 5.80. The van der Waals surface area contributed by atoms with Gasteiger partial charge in [-0.1, -0.05) is 0 Å². The number of thioether (sulfide) groups is 1. The van der Waals surface area contributed by atoms with E-state index >= 15 is 0 Å². The van der Waals surface area contributed by atoms with Crippen LogP contribution in [0.25, 0.3) is 0 Å². The molecule has 0 spiro atoms. The number of nitro groups is 1. The molecule has 3 N–H and O–H groups in total. The molecule has 9 heteroatoms. The molecule has 1 amide bonds. The molecule has 1 aliphatic rings. The Balaban J connectivity index is 2.22. The van der Waals surface area contributed by atoms with Crippen LogP contribution in [0.1, 0.15) is 17.3 Å². The third kappa shape index (κ3) is 3.92. The van der Waals surface area contributed by atoms with E-state index in [4.69, 9.17) is 4.74 Å². The molecule has 0 aromatic heterocycles. The number of carbonyl (C=O) groups is 1. The van der Waals surface area contributed by atoms with Gasteiger partial charge in [-0.25, -0.2) is 0 Å². The van der Waals surface area contributed by atoms with Crippen molar-refractivity contribution < 1.29 is 14.5 Å². The van der Waals surface area contributed by atoms with E-state index in [0.29, 0.717) is 17.2 Å². The monoisotopic (exact) mass is 340 g/mol. The Morgan fingerprint density at radius 3 is 2.83 bits per heavy atom. The largest absolute Gasteiger partial charge is 0.495 e. The van der Waals surface area contributed by atoms with E-state index < -0.39 is 10.8 Å². The molecule has 2 atom stereocenters. The van der Waals surface area contributed by atoms with Crippen LogP contribution in [0.5, 0.6) is 5.75 Å². The molecule has 1 aromatic rings. The van der Waals surface area contributed by atoms with Crippen LogP contribution < -0.4 is 20.9 Å². The summed E-state index contributed by atoms with van der Waals surface area (Å²) in [4.78, 5) is 23.8. The lowest BCUT2D eigenvalue weighted by Crippen LogP contribution is -2.35. The molecule has 1 fully saturated rings. The maximum atomic E-state index is 12.4. The van der Waals surface area contributed by atoms with Crippen LogP contribution in [0.15, 0.2) is 17.0 Å². The van der Waals surface area contributed by atoms with E-state index in [1.165, 1.54) is 31.0 Å². The summed E-state index contributed by atoms with van der Waals surface area (Å²) < 4.78 is 5.14.